The van der Waals surface area contributed by atoms with Gasteiger partial charge in [0.1, 0.15) is 4.90 Å². The van der Waals surface area contributed by atoms with Crippen LogP contribution < -0.4 is 10.0 Å². The van der Waals surface area contributed by atoms with Crippen molar-refractivity contribution in [3.8, 4) is 0 Å². The van der Waals surface area contributed by atoms with E-state index >= 15 is 0 Å². The Bertz CT molecular complexity index is 1100. The molecule has 30 heavy (non-hydrogen) atoms. The van der Waals surface area contributed by atoms with E-state index in [0.29, 0.717) is 18.7 Å². The second kappa shape index (κ2) is 9.56. The van der Waals surface area contributed by atoms with Gasteiger partial charge in [0.25, 0.3) is 0 Å². The highest BCUT2D eigenvalue weighted by molar-refractivity contribution is 7.89. The van der Waals surface area contributed by atoms with E-state index in [1.165, 1.54) is 18.2 Å². The lowest BCUT2D eigenvalue weighted by Crippen LogP contribution is -2.28. The average molecular weight is 425 g/mol. The predicted molar refractivity (Wildman–Crippen MR) is 117 cm³/mol. The third-order valence-corrected chi connectivity index (χ3v) is 6.30. The van der Waals surface area contributed by atoms with Crippen molar-refractivity contribution in [3.05, 3.63) is 95.6 Å². The molecule has 3 aromatic carbocycles. The molecule has 0 radical (unpaired) electrons. The number of anilines is 1. The maximum absolute atomic E-state index is 13.1. The lowest BCUT2D eigenvalue weighted by molar-refractivity contribution is 0.0696. The van der Waals surface area contributed by atoms with Crippen LogP contribution in [0.1, 0.15) is 34.5 Å². The minimum Gasteiger partial charge on any atom is -0.478 e. The van der Waals surface area contributed by atoms with Gasteiger partial charge in [-0.3, -0.25) is 0 Å². The highest BCUT2D eigenvalue weighted by Gasteiger charge is 2.23. The Kier molecular flexibility index (Phi) is 6.87. The zero-order chi connectivity index (χ0) is 21.6. The standard InChI is InChI=1S/C23H24N2O4S/c1-17(19-10-6-3-7-11-19)25-30(28,29)22-16-20(23(26)27)12-13-21(22)24-15-14-18-8-4-2-5-9-18/h2-13,16-17,24-25H,14-15H2,1H3,(H,26,27)/t17-/m1/s1. The van der Waals surface area contributed by atoms with E-state index < -0.39 is 22.0 Å². The molecule has 0 heterocycles. The number of carbonyl (C=O) groups is 1. The molecule has 3 N–H and O–H groups in total. The average Bonchev–Trinajstić information content (AvgIpc) is 2.75. The Labute approximate surface area is 176 Å². The molecule has 0 aliphatic heterocycles. The molecule has 0 aliphatic carbocycles. The maximum Gasteiger partial charge on any atom is 0.335 e. The van der Waals surface area contributed by atoms with Gasteiger partial charge in [-0.25, -0.2) is 17.9 Å². The highest BCUT2D eigenvalue weighted by Crippen LogP contribution is 2.25. The number of hydrogen-bond acceptors (Lipinski definition) is 4. The molecule has 0 aromatic heterocycles. The summed E-state index contributed by atoms with van der Waals surface area (Å²) in [5, 5.41) is 12.4. The summed E-state index contributed by atoms with van der Waals surface area (Å²) in [4.78, 5) is 11.3. The predicted octanol–water partition coefficient (Wildman–Crippen LogP) is 4.08. The molecule has 0 amide bonds. The van der Waals surface area contributed by atoms with Crippen LogP contribution in [0.3, 0.4) is 0 Å². The van der Waals surface area contributed by atoms with Crippen LogP contribution in [-0.2, 0) is 16.4 Å². The third-order valence-electron chi connectivity index (χ3n) is 4.72. The van der Waals surface area contributed by atoms with Crippen molar-refractivity contribution >= 4 is 21.7 Å². The molecule has 7 heteroatoms. The Morgan fingerprint density at radius 3 is 2.23 bits per heavy atom. The van der Waals surface area contributed by atoms with Crippen LogP contribution >= 0.6 is 0 Å². The van der Waals surface area contributed by atoms with Gasteiger partial charge in [0.2, 0.25) is 10.0 Å². The van der Waals surface area contributed by atoms with Crippen LogP contribution in [0.4, 0.5) is 5.69 Å². The molecule has 0 saturated heterocycles. The Balaban J connectivity index is 1.84. The number of rotatable bonds is 9. The smallest absolute Gasteiger partial charge is 0.335 e. The molecule has 0 fully saturated rings. The molecule has 6 nitrogen and oxygen atoms in total. The first-order valence-corrected chi connectivity index (χ1v) is 11.1. The molecule has 0 aliphatic rings. The van der Waals surface area contributed by atoms with Crippen molar-refractivity contribution < 1.29 is 18.3 Å². The first-order valence-electron chi connectivity index (χ1n) is 9.59. The fourth-order valence-corrected chi connectivity index (χ4v) is 4.56. The number of sulfonamides is 1. The van der Waals surface area contributed by atoms with Crippen molar-refractivity contribution in [2.45, 2.75) is 24.3 Å². The number of carboxylic acid groups (broad SMARTS) is 1. The fraction of sp³-hybridized carbons (Fsp3) is 0.174. The van der Waals surface area contributed by atoms with Crippen molar-refractivity contribution in [1.82, 2.24) is 4.72 Å². The zero-order valence-corrected chi connectivity index (χ0v) is 17.4. The normalized spacial score (nSPS) is 12.3. The molecular formula is C23H24N2O4S. The first-order chi connectivity index (χ1) is 14.4. The summed E-state index contributed by atoms with van der Waals surface area (Å²) < 4.78 is 28.8. The van der Waals surface area contributed by atoms with Crippen molar-refractivity contribution in [3.63, 3.8) is 0 Å². The van der Waals surface area contributed by atoms with Crippen molar-refractivity contribution in [2.24, 2.45) is 0 Å². The summed E-state index contributed by atoms with van der Waals surface area (Å²) in [5.41, 5.74) is 2.21. The van der Waals surface area contributed by atoms with E-state index in [0.717, 1.165) is 11.1 Å². The highest BCUT2D eigenvalue weighted by atomic mass is 32.2. The molecule has 3 aromatic rings. The topological polar surface area (TPSA) is 95.5 Å². The van der Waals surface area contributed by atoms with Crippen LogP contribution in [0.15, 0.2) is 83.8 Å². The van der Waals surface area contributed by atoms with E-state index in [4.69, 9.17) is 0 Å². The molecular weight excluding hydrogens is 400 g/mol. The van der Waals surface area contributed by atoms with E-state index in [1.807, 2.05) is 60.7 Å². The summed E-state index contributed by atoms with van der Waals surface area (Å²) in [6.07, 6.45) is 0.703. The second-order valence-corrected chi connectivity index (χ2v) is 8.61. The molecule has 3 rings (SSSR count). The molecule has 156 valence electrons. The summed E-state index contributed by atoms with van der Waals surface area (Å²) in [6, 6.07) is 22.6. The Morgan fingerprint density at radius 1 is 0.967 bits per heavy atom. The van der Waals surface area contributed by atoms with Crippen molar-refractivity contribution in [1.29, 1.82) is 0 Å². The Hall–Kier alpha value is -3.16. The largest absolute Gasteiger partial charge is 0.478 e. The number of benzene rings is 3. The van der Waals surface area contributed by atoms with Gasteiger partial charge < -0.3 is 10.4 Å². The number of carboxylic acids is 1. The van der Waals surface area contributed by atoms with Crippen molar-refractivity contribution in [2.75, 3.05) is 11.9 Å². The molecule has 0 unspecified atom stereocenters. The van der Waals surface area contributed by atoms with Gasteiger partial charge in [0, 0.05) is 12.6 Å². The number of hydrogen-bond donors (Lipinski definition) is 3. The Morgan fingerprint density at radius 2 is 1.60 bits per heavy atom. The first kappa shape index (κ1) is 21.5. The lowest BCUT2D eigenvalue weighted by atomic mass is 10.1. The zero-order valence-electron chi connectivity index (χ0n) is 16.6. The molecule has 0 bridgehead atoms. The van der Waals surface area contributed by atoms with E-state index in [9.17, 15) is 18.3 Å². The summed E-state index contributed by atoms with van der Waals surface area (Å²) in [5.74, 6) is -1.18. The van der Waals surface area contributed by atoms with Gasteiger partial charge in [-0.2, -0.15) is 0 Å². The maximum atomic E-state index is 13.1. The van der Waals surface area contributed by atoms with Crippen LogP contribution in [0.5, 0.6) is 0 Å². The van der Waals surface area contributed by atoms with Crippen LogP contribution in [-0.4, -0.2) is 26.0 Å². The summed E-state index contributed by atoms with van der Waals surface area (Å²) >= 11 is 0. The van der Waals surface area contributed by atoms with Gasteiger partial charge in [0.15, 0.2) is 0 Å². The van der Waals surface area contributed by atoms with Gasteiger partial charge in [0.05, 0.1) is 11.3 Å². The summed E-state index contributed by atoms with van der Waals surface area (Å²) in [6.45, 7) is 2.25. The minimum absolute atomic E-state index is 0.0850. The van der Waals surface area contributed by atoms with E-state index in [2.05, 4.69) is 10.0 Å². The third kappa shape index (κ3) is 5.46. The minimum atomic E-state index is -3.97. The van der Waals surface area contributed by atoms with Crippen LogP contribution in [0.25, 0.3) is 0 Å². The number of nitrogens with one attached hydrogen (secondary N) is 2. The van der Waals surface area contributed by atoms with Gasteiger partial charge >= 0.3 is 5.97 Å². The molecule has 1 atom stereocenters. The quantitative estimate of drug-likeness (QED) is 0.481. The van der Waals surface area contributed by atoms with Crippen LogP contribution in [0.2, 0.25) is 0 Å². The monoisotopic (exact) mass is 424 g/mol. The fourth-order valence-electron chi connectivity index (χ4n) is 3.12. The SMILES string of the molecule is C[C@@H](NS(=O)(=O)c1cc(C(=O)O)ccc1NCCc1ccccc1)c1ccccc1. The van der Waals surface area contributed by atoms with Gasteiger partial charge in [-0.15, -0.1) is 0 Å². The summed E-state index contributed by atoms with van der Waals surface area (Å²) in [7, 11) is -3.97. The molecule has 0 saturated carbocycles. The van der Waals surface area contributed by atoms with Crippen LogP contribution in [0, 0.1) is 0 Å². The van der Waals surface area contributed by atoms with Gasteiger partial charge in [-0.05, 0) is 42.7 Å². The lowest BCUT2D eigenvalue weighted by Gasteiger charge is -2.18. The molecule has 0 spiro atoms. The second-order valence-electron chi connectivity index (χ2n) is 6.93. The van der Waals surface area contributed by atoms with Gasteiger partial charge in [-0.1, -0.05) is 60.7 Å². The number of aromatic carboxylic acids is 1. The van der Waals surface area contributed by atoms with E-state index in [1.54, 1.807) is 6.92 Å². The van der Waals surface area contributed by atoms with E-state index in [-0.39, 0.29) is 10.5 Å².